The van der Waals surface area contributed by atoms with E-state index in [1.807, 2.05) is 31.4 Å². The Bertz CT molecular complexity index is 943. The van der Waals surface area contributed by atoms with E-state index >= 15 is 0 Å². The lowest BCUT2D eigenvalue weighted by molar-refractivity contribution is 0.0620. The number of nitriles is 1. The summed E-state index contributed by atoms with van der Waals surface area (Å²) in [6, 6.07) is 3.91. The van der Waals surface area contributed by atoms with Gasteiger partial charge in [0.15, 0.2) is 0 Å². The van der Waals surface area contributed by atoms with Gasteiger partial charge in [-0.1, -0.05) is 6.07 Å². The first-order chi connectivity index (χ1) is 14.7. The molecule has 0 amide bonds. The van der Waals surface area contributed by atoms with Gasteiger partial charge in [-0.2, -0.15) is 10.2 Å². The van der Waals surface area contributed by atoms with Gasteiger partial charge in [0.2, 0.25) is 18.1 Å². The summed E-state index contributed by atoms with van der Waals surface area (Å²) in [5.74, 6) is 1.81. The Labute approximate surface area is 175 Å². The molecule has 0 atom stereocenters. The van der Waals surface area contributed by atoms with Gasteiger partial charge in [0, 0.05) is 62.8 Å². The minimum Gasteiger partial charge on any atom is -0.378 e. The fourth-order valence-corrected chi connectivity index (χ4v) is 3.92. The Morgan fingerprint density at radius 2 is 1.87 bits per heavy atom. The number of rotatable bonds is 2. The quantitative estimate of drug-likeness (QED) is 0.436. The number of hydrogen-bond donors (Lipinski definition) is 1. The molecule has 2 saturated heterocycles. The van der Waals surface area contributed by atoms with E-state index in [1.54, 1.807) is 6.20 Å². The number of morpholine rings is 1. The van der Waals surface area contributed by atoms with Crippen molar-refractivity contribution in [2.75, 3.05) is 63.1 Å². The lowest BCUT2D eigenvalue weighted by Crippen LogP contribution is -2.55. The van der Waals surface area contributed by atoms with Crippen LogP contribution < -0.4 is 10.6 Å². The van der Waals surface area contributed by atoms with E-state index in [9.17, 15) is 5.26 Å². The molecular formula is C20H25N9O. The minimum absolute atomic E-state index is 0.262. The number of aliphatic imine (C=N–C) groups is 1. The van der Waals surface area contributed by atoms with Crippen molar-refractivity contribution >= 4 is 17.7 Å². The van der Waals surface area contributed by atoms with E-state index in [0.29, 0.717) is 13.2 Å². The van der Waals surface area contributed by atoms with Crippen molar-refractivity contribution in [2.24, 2.45) is 4.99 Å². The molecule has 4 heterocycles. The third-order valence-corrected chi connectivity index (χ3v) is 5.34. The van der Waals surface area contributed by atoms with Crippen LogP contribution in [0.25, 0.3) is 11.1 Å². The predicted octanol–water partition coefficient (Wildman–Crippen LogP) is 0.721. The molecule has 0 spiro atoms. The number of guanidine groups is 1. The topological polar surface area (TPSA) is 120 Å². The third kappa shape index (κ3) is 4.11. The second-order valence-corrected chi connectivity index (χ2v) is 7.19. The van der Waals surface area contributed by atoms with E-state index in [4.69, 9.17) is 10.5 Å². The summed E-state index contributed by atoms with van der Waals surface area (Å²) in [6.07, 6.45) is 5.52. The third-order valence-electron chi connectivity index (χ3n) is 5.34. The van der Waals surface area contributed by atoms with Crippen LogP contribution in [0.15, 0.2) is 29.5 Å². The van der Waals surface area contributed by atoms with Crippen molar-refractivity contribution in [1.29, 1.82) is 5.26 Å². The van der Waals surface area contributed by atoms with Crippen molar-refractivity contribution in [1.82, 2.24) is 24.8 Å². The van der Waals surface area contributed by atoms with Gasteiger partial charge in [-0.15, -0.1) is 4.99 Å². The molecule has 0 aromatic carbocycles. The van der Waals surface area contributed by atoms with Gasteiger partial charge in [0.05, 0.1) is 18.9 Å². The molecule has 2 aliphatic heterocycles. The number of nitrogen functional groups attached to an aromatic ring is 1. The maximum atomic E-state index is 9.18. The molecule has 30 heavy (non-hydrogen) atoms. The lowest BCUT2D eigenvalue weighted by Gasteiger charge is -2.41. The lowest BCUT2D eigenvalue weighted by atomic mass is 10.1. The summed E-state index contributed by atoms with van der Waals surface area (Å²) in [5, 5.41) is 9.18. The summed E-state index contributed by atoms with van der Waals surface area (Å²) in [7, 11) is 0. The van der Waals surface area contributed by atoms with Gasteiger partial charge in [0.25, 0.3) is 0 Å². The average Bonchev–Trinajstić information content (AvgIpc) is 2.78. The number of anilines is 2. The molecule has 4 rings (SSSR count). The number of piperazine rings is 1. The first-order valence-corrected chi connectivity index (χ1v) is 10.0. The van der Waals surface area contributed by atoms with E-state index in [-0.39, 0.29) is 5.95 Å². The molecule has 156 valence electrons. The molecule has 10 heteroatoms. The van der Waals surface area contributed by atoms with Crippen LogP contribution in [-0.2, 0) is 4.74 Å². The summed E-state index contributed by atoms with van der Waals surface area (Å²) >= 11 is 0. The fourth-order valence-electron chi connectivity index (χ4n) is 3.92. The molecule has 0 aliphatic carbocycles. The van der Waals surface area contributed by atoms with Crippen LogP contribution in [0.2, 0.25) is 0 Å². The zero-order valence-corrected chi connectivity index (χ0v) is 17.0. The van der Waals surface area contributed by atoms with Crippen molar-refractivity contribution in [3.05, 3.63) is 30.2 Å². The van der Waals surface area contributed by atoms with Crippen molar-refractivity contribution in [3.8, 4) is 17.3 Å². The number of aryl methyl sites for hydroxylation is 1. The van der Waals surface area contributed by atoms with Crippen LogP contribution >= 0.6 is 0 Å². The zero-order valence-electron chi connectivity index (χ0n) is 17.0. The highest BCUT2D eigenvalue weighted by Crippen LogP contribution is 2.32. The molecule has 0 unspecified atom stereocenters. The maximum absolute atomic E-state index is 9.18. The Morgan fingerprint density at radius 3 is 2.53 bits per heavy atom. The average molecular weight is 407 g/mol. The zero-order chi connectivity index (χ0) is 20.9. The largest absolute Gasteiger partial charge is 0.378 e. The molecule has 2 aromatic rings. The molecule has 0 radical (unpaired) electrons. The monoisotopic (exact) mass is 407 g/mol. The summed E-state index contributed by atoms with van der Waals surface area (Å²) in [5.41, 5.74) is 8.72. The van der Waals surface area contributed by atoms with E-state index in [0.717, 1.165) is 67.9 Å². The number of pyridine rings is 1. The van der Waals surface area contributed by atoms with Crippen LogP contribution in [0.3, 0.4) is 0 Å². The molecule has 2 N–H and O–H groups in total. The second kappa shape index (κ2) is 8.92. The van der Waals surface area contributed by atoms with Crippen molar-refractivity contribution in [2.45, 2.75) is 6.92 Å². The number of nitrogens with two attached hydrogens (primary N) is 1. The second-order valence-electron chi connectivity index (χ2n) is 7.19. The Balaban J connectivity index is 1.56. The van der Waals surface area contributed by atoms with Crippen LogP contribution in [0.4, 0.5) is 11.8 Å². The SMILES string of the molecule is Cc1nc(N)nc(N2CCN(C(=NC#N)N3CCOCC3)CC2)c1-c1cccnc1. The van der Waals surface area contributed by atoms with Crippen molar-refractivity contribution < 1.29 is 4.74 Å². The standard InChI is InChI=1S/C20H25N9O/c1-15-17(16-3-2-4-23-13-16)18(26-19(22)25-15)27-5-7-28(8-6-27)20(24-14-21)29-9-11-30-12-10-29/h2-4,13H,5-12H2,1H3,(H2,22,25,26). The molecule has 2 aromatic heterocycles. The molecular weight excluding hydrogens is 382 g/mol. The molecule has 10 nitrogen and oxygen atoms in total. The highest BCUT2D eigenvalue weighted by Gasteiger charge is 2.27. The van der Waals surface area contributed by atoms with Gasteiger partial charge in [0.1, 0.15) is 5.82 Å². The Morgan fingerprint density at radius 1 is 1.13 bits per heavy atom. The number of hydrogen-bond acceptors (Lipinski definition) is 8. The highest BCUT2D eigenvalue weighted by atomic mass is 16.5. The van der Waals surface area contributed by atoms with Crippen LogP contribution in [0.5, 0.6) is 0 Å². The van der Waals surface area contributed by atoms with E-state index in [1.165, 1.54) is 0 Å². The number of aromatic nitrogens is 3. The summed E-state index contributed by atoms with van der Waals surface area (Å²) in [6.45, 7) is 7.66. The predicted molar refractivity (Wildman–Crippen MR) is 114 cm³/mol. The van der Waals surface area contributed by atoms with Crippen LogP contribution in [0, 0.1) is 18.4 Å². The van der Waals surface area contributed by atoms with Gasteiger partial charge < -0.3 is 25.2 Å². The first kappa shape index (κ1) is 19.8. The minimum atomic E-state index is 0.262. The summed E-state index contributed by atoms with van der Waals surface area (Å²) < 4.78 is 5.43. The number of nitrogens with zero attached hydrogens (tertiary/aromatic N) is 8. The van der Waals surface area contributed by atoms with Gasteiger partial charge >= 0.3 is 0 Å². The van der Waals surface area contributed by atoms with E-state index < -0.39 is 0 Å². The Kier molecular flexibility index (Phi) is 5.90. The normalized spacial score (nSPS) is 17.7. The fraction of sp³-hybridized carbons (Fsp3) is 0.450. The highest BCUT2D eigenvalue weighted by molar-refractivity contribution is 5.82. The molecule has 0 saturated carbocycles. The van der Waals surface area contributed by atoms with Crippen molar-refractivity contribution in [3.63, 3.8) is 0 Å². The first-order valence-electron chi connectivity index (χ1n) is 10.0. The Hall–Kier alpha value is -3.45. The summed E-state index contributed by atoms with van der Waals surface area (Å²) in [4.78, 5) is 23.8. The van der Waals surface area contributed by atoms with E-state index in [2.05, 4.69) is 34.6 Å². The number of ether oxygens (including phenoxy) is 1. The van der Waals surface area contributed by atoms with Gasteiger partial charge in [-0.05, 0) is 13.0 Å². The van der Waals surface area contributed by atoms with Gasteiger partial charge in [-0.3, -0.25) is 4.98 Å². The molecule has 2 aliphatic rings. The maximum Gasteiger partial charge on any atom is 0.222 e. The smallest absolute Gasteiger partial charge is 0.222 e. The van der Waals surface area contributed by atoms with Crippen LogP contribution in [-0.4, -0.2) is 83.2 Å². The molecule has 2 fully saturated rings. The molecule has 0 bridgehead atoms. The van der Waals surface area contributed by atoms with Crippen LogP contribution in [0.1, 0.15) is 5.69 Å². The van der Waals surface area contributed by atoms with Gasteiger partial charge in [-0.25, -0.2) is 4.98 Å².